The van der Waals surface area contributed by atoms with Crippen LogP contribution < -0.4 is 0 Å². The summed E-state index contributed by atoms with van der Waals surface area (Å²) in [4.78, 5) is 47.3. The van der Waals surface area contributed by atoms with Gasteiger partial charge in [0.15, 0.2) is 0 Å². The van der Waals surface area contributed by atoms with Gasteiger partial charge in [-0.2, -0.15) is 0 Å². The van der Waals surface area contributed by atoms with Gasteiger partial charge < -0.3 is 24.5 Å². The molecule has 1 aromatic carbocycles. The number of amides is 3. The van der Waals surface area contributed by atoms with Gasteiger partial charge in [0.25, 0.3) is 0 Å². The quantitative estimate of drug-likeness (QED) is 0.336. The van der Waals surface area contributed by atoms with E-state index in [4.69, 9.17) is 4.74 Å². The van der Waals surface area contributed by atoms with Gasteiger partial charge in [0.1, 0.15) is 11.6 Å². The second kappa shape index (κ2) is 11.0. The Hall–Kier alpha value is -2.97. The van der Waals surface area contributed by atoms with Crippen LogP contribution in [0.5, 0.6) is 0 Å². The molecule has 3 saturated heterocycles. The fourth-order valence-electron chi connectivity index (χ4n) is 6.91. The van der Waals surface area contributed by atoms with Crippen LogP contribution in [0.1, 0.15) is 38.7 Å². The molecular weight excluding hydrogens is 482 g/mol. The van der Waals surface area contributed by atoms with Crippen molar-refractivity contribution in [1.29, 1.82) is 0 Å². The van der Waals surface area contributed by atoms with E-state index in [0.717, 1.165) is 5.56 Å². The lowest BCUT2D eigenvalue weighted by Crippen LogP contribution is -2.56. The molecule has 3 aliphatic heterocycles. The van der Waals surface area contributed by atoms with Crippen LogP contribution >= 0.6 is 0 Å². The Morgan fingerprint density at radius 3 is 2.47 bits per heavy atom. The standard InChI is InChI=1S/C30H41N3O5/c1-6-15-31(5)26(35)23-24-27(36)33(17-11-12-18-34)25(30(24)19-21(3)29(23,4)38-30)28(37)32(16-7-2)20-22-13-9-8-10-14-22/h6-10,13-14,21,23-25,34H,1-2,11-12,15-20H2,3-5H3/t21?,23-,24-,25?,29+,30?/m0/s1. The van der Waals surface area contributed by atoms with Crippen LogP contribution in [0.15, 0.2) is 55.6 Å². The number of carbonyl (C=O) groups excluding carboxylic acids is 3. The minimum absolute atomic E-state index is 0.00484. The van der Waals surface area contributed by atoms with Gasteiger partial charge in [-0.15, -0.1) is 13.2 Å². The molecule has 3 unspecified atom stereocenters. The number of hydrogen-bond acceptors (Lipinski definition) is 5. The summed E-state index contributed by atoms with van der Waals surface area (Å²) >= 11 is 0. The Labute approximate surface area is 225 Å². The number of likely N-dealkylation sites (tertiary alicyclic amines) is 1. The normalized spacial score (nSPS) is 31.3. The second-order valence-electron chi connectivity index (χ2n) is 11.2. The number of aliphatic hydroxyl groups excluding tert-OH is 1. The number of fused-ring (bicyclic) bond motifs is 1. The molecule has 206 valence electrons. The Morgan fingerprint density at radius 2 is 1.84 bits per heavy atom. The highest BCUT2D eigenvalue weighted by Crippen LogP contribution is 2.65. The maximum Gasteiger partial charge on any atom is 0.248 e. The summed E-state index contributed by atoms with van der Waals surface area (Å²) in [5.41, 5.74) is -0.970. The molecule has 0 saturated carbocycles. The SMILES string of the molecule is C=CCN(C)C(=O)[C@@H]1[C@H]2C(=O)N(CCCCO)C(C(=O)N(CC=C)Cc3ccccc3)C23CC(C)[C@@]1(C)O3. The molecule has 4 rings (SSSR count). The third-order valence-electron chi connectivity index (χ3n) is 8.78. The number of benzene rings is 1. The molecule has 3 amide bonds. The lowest BCUT2D eigenvalue weighted by Gasteiger charge is -2.38. The minimum atomic E-state index is -1.09. The summed E-state index contributed by atoms with van der Waals surface area (Å²) in [6.45, 7) is 13.0. The molecule has 2 bridgehead atoms. The Balaban J connectivity index is 1.77. The molecule has 38 heavy (non-hydrogen) atoms. The van der Waals surface area contributed by atoms with Gasteiger partial charge in [-0.3, -0.25) is 14.4 Å². The zero-order chi connectivity index (χ0) is 27.7. The largest absolute Gasteiger partial charge is 0.396 e. The third-order valence-corrected chi connectivity index (χ3v) is 8.78. The molecule has 0 aliphatic carbocycles. The summed E-state index contributed by atoms with van der Waals surface area (Å²) < 4.78 is 6.81. The van der Waals surface area contributed by atoms with Gasteiger partial charge >= 0.3 is 0 Å². The van der Waals surface area contributed by atoms with Gasteiger partial charge in [0.2, 0.25) is 17.7 Å². The highest BCUT2D eigenvalue weighted by Gasteiger charge is 2.80. The number of aliphatic hydroxyl groups is 1. The van der Waals surface area contributed by atoms with E-state index < -0.39 is 29.1 Å². The van der Waals surface area contributed by atoms with Crippen molar-refractivity contribution in [2.45, 2.75) is 56.9 Å². The van der Waals surface area contributed by atoms with Crippen LogP contribution in [0.3, 0.4) is 0 Å². The molecule has 3 heterocycles. The van der Waals surface area contributed by atoms with E-state index in [1.807, 2.05) is 44.2 Å². The molecule has 8 nitrogen and oxygen atoms in total. The van der Waals surface area contributed by atoms with E-state index in [-0.39, 0.29) is 30.2 Å². The zero-order valence-corrected chi connectivity index (χ0v) is 22.8. The molecule has 6 atom stereocenters. The number of unbranched alkanes of at least 4 members (excludes halogenated alkanes) is 1. The average Bonchev–Trinajstić information content (AvgIpc) is 3.40. The van der Waals surface area contributed by atoms with E-state index in [2.05, 4.69) is 13.2 Å². The fraction of sp³-hybridized carbons (Fsp3) is 0.567. The van der Waals surface area contributed by atoms with Crippen LogP contribution in [0, 0.1) is 17.8 Å². The molecule has 3 aliphatic rings. The number of rotatable bonds is 12. The van der Waals surface area contributed by atoms with Crippen molar-refractivity contribution in [1.82, 2.24) is 14.7 Å². The third kappa shape index (κ3) is 4.47. The summed E-state index contributed by atoms with van der Waals surface area (Å²) in [5, 5.41) is 9.39. The van der Waals surface area contributed by atoms with E-state index in [0.29, 0.717) is 45.4 Å². The number of likely N-dealkylation sites (N-methyl/N-ethyl adjacent to an activating group) is 1. The highest BCUT2D eigenvalue weighted by molar-refractivity contribution is 5.99. The lowest BCUT2D eigenvalue weighted by molar-refractivity contribution is -0.154. The van der Waals surface area contributed by atoms with Crippen molar-refractivity contribution in [3.05, 3.63) is 61.2 Å². The van der Waals surface area contributed by atoms with Crippen LogP contribution in [0.25, 0.3) is 0 Å². The highest BCUT2D eigenvalue weighted by atomic mass is 16.5. The Bertz CT molecular complexity index is 1080. The van der Waals surface area contributed by atoms with Crippen LogP contribution in [0.2, 0.25) is 0 Å². The maximum atomic E-state index is 14.4. The number of nitrogens with zero attached hydrogens (tertiary/aromatic N) is 3. The molecule has 8 heteroatoms. The summed E-state index contributed by atoms with van der Waals surface area (Å²) in [5.74, 6) is -2.02. The first-order valence-electron chi connectivity index (χ1n) is 13.6. The topological polar surface area (TPSA) is 90.4 Å². The van der Waals surface area contributed by atoms with Crippen molar-refractivity contribution in [3.8, 4) is 0 Å². The van der Waals surface area contributed by atoms with Crippen LogP contribution in [0.4, 0.5) is 0 Å². The van der Waals surface area contributed by atoms with Crippen molar-refractivity contribution >= 4 is 17.7 Å². The van der Waals surface area contributed by atoms with Crippen molar-refractivity contribution < 1.29 is 24.2 Å². The smallest absolute Gasteiger partial charge is 0.248 e. The summed E-state index contributed by atoms with van der Waals surface area (Å²) in [7, 11) is 1.71. The molecule has 0 aromatic heterocycles. The van der Waals surface area contributed by atoms with Crippen molar-refractivity contribution in [2.75, 3.05) is 33.3 Å². The van der Waals surface area contributed by atoms with Crippen LogP contribution in [-0.4, -0.2) is 88.1 Å². The number of carbonyl (C=O) groups is 3. The zero-order valence-electron chi connectivity index (χ0n) is 22.8. The predicted molar refractivity (Wildman–Crippen MR) is 145 cm³/mol. The van der Waals surface area contributed by atoms with E-state index >= 15 is 0 Å². The van der Waals surface area contributed by atoms with Crippen molar-refractivity contribution in [2.24, 2.45) is 17.8 Å². The second-order valence-corrected chi connectivity index (χ2v) is 11.2. The first-order valence-corrected chi connectivity index (χ1v) is 13.6. The predicted octanol–water partition coefficient (Wildman–Crippen LogP) is 2.63. The average molecular weight is 524 g/mol. The maximum absolute atomic E-state index is 14.4. The molecule has 1 N–H and O–H groups in total. The van der Waals surface area contributed by atoms with Gasteiger partial charge in [-0.05, 0) is 37.7 Å². The molecule has 0 radical (unpaired) electrons. The fourth-order valence-corrected chi connectivity index (χ4v) is 6.91. The van der Waals surface area contributed by atoms with Gasteiger partial charge in [0, 0.05) is 39.8 Å². The minimum Gasteiger partial charge on any atom is -0.396 e. The lowest BCUT2D eigenvalue weighted by atomic mass is 9.62. The number of ether oxygens (including phenoxy) is 1. The molecule has 3 fully saturated rings. The molecule has 1 aromatic rings. The first-order chi connectivity index (χ1) is 18.2. The van der Waals surface area contributed by atoms with E-state index in [1.54, 1.807) is 33.9 Å². The molecule has 1 spiro atoms. The molecular formula is C30H41N3O5. The Morgan fingerprint density at radius 1 is 1.16 bits per heavy atom. The summed E-state index contributed by atoms with van der Waals surface area (Å²) in [6.07, 6.45) is 4.94. The Kier molecular flexibility index (Phi) is 8.14. The number of hydrogen-bond donors (Lipinski definition) is 1. The van der Waals surface area contributed by atoms with E-state index in [1.165, 1.54) is 0 Å². The van der Waals surface area contributed by atoms with E-state index in [9.17, 15) is 19.5 Å². The van der Waals surface area contributed by atoms with Crippen LogP contribution in [-0.2, 0) is 25.7 Å². The van der Waals surface area contributed by atoms with Gasteiger partial charge in [-0.1, -0.05) is 49.4 Å². The van der Waals surface area contributed by atoms with Gasteiger partial charge in [0.05, 0.1) is 17.4 Å². The summed E-state index contributed by atoms with van der Waals surface area (Å²) in [6, 6.07) is 8.87. The van der Waals surface area contributed by atoms with Gasteiger partial charge in [-0.25, -0.2) is 0 Å². The van der Waals surface area contributed by atoms with Crippen molar-refractivity contribution in [3.63, 3.8) is 0 Å². The monoisotopic (exact) mass is 523 g/mol. The first kappa shape index (κ1) is 28.0.